The van der Waals surface area contributed by atoms with Gasteiger partial charge >= 0.3 is 5.97 Å². The van der Waals surface area contributed by atoms with Gasteiger partial charge in [-0.25, -0.2) is 4.79 Å². The fraction of sp³-hybridized carbons (Fsp3) is 0.350. The van der Waals surface area contributed by atoms with Crippen molar-refractivity contribution in [1.82, 2.24) is 26.3 Å². The highest BCUT2D eigenvalue weighted by Gasteiger charge is 2.33. The number of nitrogens with one attached hydrogen (secondary N) is 5. The van der Waals surface area contributed by atoms with Crippen LogP contribution in [0.1, 0.15) is 43.4 Å². The minimum atomic E-state index is -1.26. The Kier molecular flexibility index (Phi) is 15.4. The fourth-order valence-corrected chi connectivity index (χ4v) is 6.13. The Morgan fingerprint density at radius 2 is 1.29 bits per heavy atom. The number of carboxylic acid groups (broad SMARTS) is 1. The van der Waals surface area contributed by atoms with E-state index in [0.29, 0.717) is 11.1 Å². The van der Waals surface area contributed by atoms with Crippen LogP contribution in [0.25, 0.3) is 10.9 Å². The SMILES string of the molecule is CC(C)[C@H](NC(=O)[C@H](Cc1c[nH]c2ccccc12)NC(=O)[C@H](CCCN=C(N)N)NC(=O)[C@H](Cc1ccc(O)cc1)NC(=O)[C@@H](N)Cc1ccccc1)C(=O)O. The van der Waals surface area contributed by atoms with E-state index in [9.17, 15) is 34.2 Å². The van der Waals surface area contributed by atoms with Gasteiger partial charge in [-0.2, -0.15) is 0 Å². The number of nitrogens with two attached hydrogens (primary N) is 3. The molecule has 4 aromatic rings. The molecule has 0 aliphatic heterocycles. The van der Waals surface area contributed by atoms with E-state index in [2.05, 4.69) is 31.2 Å². The number of carbonyl (C=O) groups is 5. The molecule has 0 spiro atoms. The van der Waals surface area contributed by atoms with Crippen LogP contribution < -0.4 is 38.5 Å². The third kappa shape index (κ3) is 12.6. The molecule has 0 saturated heterocycles. The van der Waals surface area contributed by atoms with Crippen molar-refractivity contribution in [2.24, 2.45) is 28.1 Å². The van der Waals surface area contributed by atoms with Crippen LogP contribution in [-0.2, 0) is 43.2 Å². The molecule has 16 heteroatoms. The highest BCUT2D eigenvalue weighted by Crippen LogP contribution is 2.20. The zero-order chi connectivity index (χ0) is 40.8. The van der Waals surface area contributed by atoms with Gasteiger partial charge < -0.3 is 53.7 Å². The summed E-state index contributed by atoms with van der Waals surface area (Å²) >= 11 is 0. The first-order chi connectivity index (χ1) is 26.7. The molecule has 1 aromatic heterocycles. The van der Waals surface area contributed by atoms with Crippen LogP contribution in [-0.4, -0.2) is 87.5 Å². The smallest absolute Gasteiger partial charge is 0.326 e. The number of amides is 4. The zero-order valence-corrected chi connectivity index (χ0v) is 31.4. The van der Waals surface area contributed by atoms with Gasteiger partial charge in [-0.3, -0.25) is 24.2 Å². The molecular formula is C40H51N9O7. The second-order valence-corrected chi connectivity index (χ2v) is 13.9. The molecule has 16 nitrogen and oxygen atoms in total. The summed E-state index contributed by atoms with van der Waals surface area (Å²) < 4.78 is 0. The van der Waals surface area contributed by atoms with Crippen molar-refractivity contribution in [3.8, 4) is 5.75 Å². The number of nitrogens with zero attached hydrogens (tertiary/aromatic N) is 1. The number of aromatic nitrogens is 1. The Morgan fingerprint density at radius 1 is 0.714 bits per heavy atom. The third-order valence-electron chi connectivity index (χ3n) is 9.19. The number of aliphatic carboxylic acids is 1. The fourth-order valence-electron chi connectivity index (χ4n) is 6.13. The number of H-pyrrole nitrogens is 1. The summed E-state index contributed by atoms with van der Waals surface area (Å²) in [6.45, 7) is 3.42. The second-order valence-electron chi connectivity index (χ2n) is 13.9. The molecule has 0 aliphatic rings. The first-order valence-corrected chi connectivity index (χ1v) is 18.3. The van der Waals surface area contributed by atoms with Crippen LogP contribution in [0.4, 0.5) is 0 Å². The Hall–Kier alpha value is -6.42. The van der Waals surface area contributed by atoms with Gasteiger partial charge in [0.05, 0.1) is 6.04 Å². The van der Waals surface area contributed by atoms with Gasteiger partial charge in [0.1, 0.15) is 29.9 Å². The first-order valence-electron chi connectivity index (χ1n) is 18.3. The Morgan fingerprint density at radius 3 is 1.95 bits per heavy atom. The Bertz CT molecular complexity index is 1980. The number of carbonyl (C=O) groups excluding carboxylic acids is 4. The predicted octanol–water partition coefficient (Wildman–Crippen LogP) is 0.962. The van der Waals surface area contributed by atoms with Crippen molar-refractivity contribution in [2.45, 2.75) is 76.2 Å². The van der Waals surface area contributed by atoms with E-state index < -0.39 is 65.7 Å². The minimum Gasteiger partial charge on any atom is -0.508 e. The maximum atomic E-state index is 14.2. The lowest BCUT2D eigenvalue weighted by atomic mass is 10.00. The van der Waals surface area contributed by atoms with Gasteiger partial charge in [-0.05, 0) is 60.1 Å². The molecule has 4 rings (SSSR count). The average Bonchev–Trinajstić information content (AvgIpc) is 3.57. The number of benzene rings is 3. The lowest BCUT2D eigenvalue weighted by molar-refractivity contribution is -0.143. The number of phenols is 1. The molecule has 0 bridgehead atoms. The van der Waals surface area contributed by atoms with Gasteiger partial charge in [-0.15, -0.1) is 0 Å². The average molecular weight is 770 g/mol. The summed E-state index contributed by atoms with van der Waals surface area (Å²) in [6, 6.07) is 16.6. The summed E-state index contributed by atoms with van der Waals surface area (Å²) in [4.78, 5) is 74.6. The number of phenolic OH excluding ortho intramolecular Hbond substituents is 1. The molecule has 4 amide bonds. The number of aliphatic imine (C=N–C) groups is 1. The zero-order valence-electron chi connectivity index (χ0n) is 31.4. The van der Waals surface area contributed by atoms with E-state index in [1.54, 1.807) is 32.2 Å². The van der Waals surface area contributed by atoms with E-state index in [-0.39, 0.29) is 50.4 Å². The minimum absolute atomic E-state index is 0.00970. The summed E-state index contributed by atoms with van der Waals surface area (Å²) in [5.41, 5.74) is 20.2. The van der Waals surface area contributed by atoms with Crippen LogP contribution >= 0.6 is 0 Å². The number of fused-ring (bicyclic) bond motifs is 1. The standard InChI is InChI=1S/C40H51N9O7/c1-23(2)34(39(55)56)49-38(54)33(21-26-22-45-30-12-7-6-11-28(26)30)48-36(52)31(13-8-18-44-40(42)43)46-37(53)32(20-25-14-16-27(50)17-15-25)47-35(51)29(41)19-24-9-4-3-5-10-24/h3-7,9-12,14-17,22-23,29,31-34,45,50H,8,13,18-21,41H2,1-2H3,(H,46,53)(H,47,51)(H,48,52)(H,49,54)(H,55,56)(H4,42,43,44)/t29-,31-,32-,33-,34-/m0/s1. The van der Waals surface area contributed by atoms with Crippen molar-refractivity contribution in [3.63, 3.8) is 0 Å². The van der Waals surface area contributed by atoms with Crippen molar-refractivity contribution in [3.05, 3.63) is 102 Å². The van der Waals surface area contributed by atoms with E-state index in [1.165, 1.54) is 12.1 Å². The summed E-state index contributed by atoms with van der Waals surface area (Å²) in [5, 5.41) is 31.2. The maximum Gasteiger partial charge on any atom is 0.326 e. The van der Waals surface area contributed by atoms with Crippen molar-refractivity contribution in [1.29, 1.82) is 0 Å². The van der Waals surface area contributed by atoms with E-state index in [1.807, 2.05) is 54.6 Å². The lowest BCUT2D eigenvalue weighted by Gasteiger charge is -2.27. The number of guanidine groups is 1. The molecule has 0 fully saturated rings. The molecule has 5 atom stereocenters. The first kappa shape index (κ1) is 42.3. The number of para-hydroxylation sites is 1. The molecule has 1 heterocycles. The molecular weight excluding hydrogens is 718 g/mol. The van der Waals surface area contributed by atoms with Gasteiger partial charge in [-0.1, -0.05) is 74.5 Å². The summed E-state index contributed by atoms with van der Waals surface area (Å²) in [7, 11) is 0. The van der Waals surface area contributed by atoms with E-state index in [4.69, 9.17) is 17.2 Å². The van der Waals surface area contributed by atoms with Crippen LogP contribution in [0, 0.1) is 5.92 Å². The van der Waals surface area contributed by atoms with Crippen LogP contribution in [0.15, 0.2) is 90.1 Å². The van der Waals surface area contributed by atoms with Crippen molar-refractivity contribution in [2.75, 3.05) is 6.54 Å². The molecule has 298 valence electrons. The highest BCUT2D eigenvalue weighted by molar-refractivity contribution is 5.96. The topological polar surface area (TPSA) is 280 Å². The quantitative estimate of drug-likeness (QED) is 0.0345. The van der Waals surface area contributed by atoms with Gasteiger partial charge in [0, 0.05) is 36.5 Å². The van der Waals surface area contributed by atoms with Crippen LogP contribution in [0.3, 0.4) is 0 Å². The normalized spacial score (nSPS) is 13.8. The van der Waals surface area contributed by atoms with Crippen molar-refractivity contribution >= 4 is 46.5 Å². The number of rotatable bonds is 20. The number of carboxylic acids is 1. The summed E-state index contributed by atoms with van der Waals surface area (Å²) in [6.07, 6.45) is 2.14. The number of hydrogen-bond acceptors (Lipinski definition) is 8. The number of aromatic amines is 1. The Labute approximate surface area is 324 Å². The predicted molar refractivity (Wildman–Crippen MR) is 212 cm³/mol. The maximum absolute atomic E-state index is 14.2. The monoisotopic (exact) mass is 769 g/mol. The molecule has 13 N–H and O–H groups in total. The van der Waals surface area contributed by atoms with E-state index in [0.717, 1.165) is 16.5 Å². The van der Waals surface area contributed by atoms with Gasteiger partial charge in [0.25, 0.3) is 0 Å². The Balaban J connectivity index is 1.61. The molecule has 0 saturated carbocycles. The van der Waals surface area contributed by atoms with Crippen LogP contribution in [0.5, 0.6) is 5.75 Å². The largest absolute Gasteiger partial charge is 0.508 e. The lowest BCUT2D eigenvalue weighted by Crippen LogP contribution is -2.59. The molecule has 56 heavy (non-hydrogen) atoms. The number of aromatic hydroxyl groups is 1. The van der Waals surface area contributed by atoms with E-state index >= 15 is 0 Å². The molecule has 3 aromatic carbocycles. The molecule has 0 radical (unpaired) electrons. The second kappa shape index (κ2) is 20.3. The number of hydrogen-bond donors (Lipinski definition) is 10. The van der Waals surface area contributed by atoms with Crippen molar-refractivity contribution < 1.29 is 34.2 Å². The van der Waals surface area contributed by atoms with Gasteiger partial charge in [0.2, 0.25) is 23.6 Å². The molecule has 0 unspecified atom stereocenters. The molecule has 0 aliphatic carbocycles. The third-order valence-corrected chi connectivity index (χ3v) is 9.19. The summed E-state index contributed by atoms with van der Waals surface area (Å²) in [5.74, 6) is -4.65. The van der Waals surface area contributed by atoms with Crippen LogP contribution in [0.2, 0.25) is 0 Å². The highest BCUT2D eigenvalue weighted by atomic mass is 16.4. The van der Waals surface area contributed by atoms with Gasteiger partial charge in [0.15, 0.2) is 5.96 Å².